The first-order valence-electron chi connectivity index (χ1n) is 8.18. The highest BCUT2D eigenvalue weighted by atomic mass is 16.1. The molecule has 0 radical (unpaired) electrons. The number of amides is 1. The summed E-state index contributed by atoms with van der Waals surface area (Å²) in [4.78, 5) is 16.7. The van der Waals surface area contributed by atoms with Crippen molar-refractivity contribution in [2.24, 2.45) is 5.41 Å². The molecule has 0 spiro atoms. The monoisotopic (exact) mass is 289 g/mol. The van der Waals surface area contributed by atoms with Crippen LogP contribution < -0.4 is 10.6 Å². The molecule has 1 heterocycles. The van der Waals surface area contributed by atoms with Crippen LogP contribution in [0.5, 0.6) is 0 Å². The lowest BCUT2D eigenvalue weighted by Crippen LogP contribution is -2.36. The Bertz CT molecular complexity index is 467. The van der Waals surface area contributed by atoms with Crippen molar-refractivity contribution in [1.82, 2.24) is 10.3 Å². The van der Waals surface area contributed by atoms with Crippen LogP contribution in [0.4, 0.5) is 5.82 Å². The maximum Gasteiger partial charge on any atom is 0.269 e. The molecule has 0 bridgehead atoms. The Hall–Kier alpha value is -1.58. The number of anilines is 1. The number of pyridine rings is 1. The van der Waals surface area contributed by atoms with Crippen LogP contribution in [0.2, 0.25) is 0 Å². The largest absolute Gasteiger partial charge is 0.370 e. The van der Waals surface area contributed by atoms with Crippen LogP contribution in [0.25, 0.3) is 0 Å². The zero-order valence-electron chi connectivity index (χ0n) is 13.2. The quantitative estimate of drug-likeness (QED) is 0.806. The van der Waals surface area contributed by atoms with E-state index in [0.717, 1.165) is 31.7 Å². The Morgan fingerprint density at radius 1 is 1.29 bits per heavy atom. The maximum atomic E-state index is 12.3. The fourth-order valence-corrected chi connectivity index (χ4v) is 3.05. The normalized spacial score (nSPS) is 16.7. The van der Waals surface area contributed by atoms with Crippen LogP contribution in [0.3, 0.4) is 0 Å². The van der Waals surface area contributed by atoms with E-state index in [4.69, 9.17) is 0 Å². The molecule has 1 aromatic rings. The summed E-state index contributed by atoms with van der Waals surface area (Å²) in [5, 5.41) is 6.30. The van der Waals surface area contributed by atoms with Crippen molar-refractivity contribution < 1.29 is 4.79 Å². The van der Waals surface area contributed by atoms with Crippen LogP contribution in [-0.2, 0) is 0 Å². The maximum absolute atomic E-state index is 12.3. The smallest absolute Gasteiger partial charge is 0.269 e. The van der Waals surface area contributed by atoms with Gasteiger partial charge in [0.05, 0.1) is 0 Å². The predicted octanol–water partition coefficient (Wildman–Crippen LogP) is 3.60. The van der Waals surface area contributed by atoms with Crippen molar-refractivity contribution >= 4 is 11.7 Å². The molecular formula is C17H27N3O. The van der Waals surface area contributed by atoms with Gasteiger partial charge in [-0.3, -0.25) is 4.79 Å². The molecule has 1 aliphatic rings. The van der Waals surface area contributed by atoms with Gasteiger partial charge in [0.25, 0.3) is 5.91 Å². The molecule has 1 aromatic heterocycles. The molecule has 4 nitrogen and oxygen atoms in total. The summed E-state index contributed by atoms with van der Waals surface area (Å²) in [7, 11) is 0. The van der Waals surface area contributed by atoms with Crippen molar-refractivity contribution in [2.75, 3.05) is 18.4 Å². The van der Waals surface area contributed by atoms with Gasteiger partial charge in [0.1, 0.15) is 11.5 Å². The van der Waals surface area contributed by atoms with E-state index >= 15 is 0 Å². The van der Waals surface area contributed by atoms with E-state index < -0.39 is 0 Å². The Balaban J connectivity index is 1.93. The molecular weight excluding hydrogens is 262 g/mol. The van der Waals surface area contributed by atoms with Crippen LogP contribution in [0.1, 0.15) is 62.9 Å². The molecule has 0 aliphatic heterocycles. The standard InChI is InChI=1S/C17H27N3O/c1-3-12-18-15-9-7-8-14(20-15)16(21)19-13-17(4-2)10-5-6-11-17/h7-9H,3-6,10-13H2,1-2H3,(H,18,20)(H,19,21). The minimum absolute atomic E-state index is 0.0603. The molecule has 0 aromatic carbocycles. The fraction of sp³-hybridized carbons (Fsp3) is 0.647. The molecule has 1 aliphatic carbocycles. The minimum Gasteiger partial charge on any atom is -0.370 e. The van der Waals surface area contributed by atoms with Crippen LogP contribution >= 0.6 is 0 Å². The number of nitrogens with zero attached hydrogens (tertiary/aromatic N) is 1. The summed E-state index contributed by atoms with van der Waals surface area (Å²) in [6.07, 6.45) is 7.22. The van der Waals surface area contributed by atoms with Gasteiger partial charge in [0.2, 0.25) is 0 Å². The molecule has 1 saturated carbocycles. The van der Waals surface area contributed by atoms with Crippen LogP contribution in [0, 0.1) is 5.41 Å². The molecule has 4 heteroatoms. The molecule has 0 atom stereocenters. The van der Waals surface area contributed by atoms with Gasteiger partial charge in [-0.05, 0) is 43.2 Å². The summed E-state index contributed by atoms with van der Waals surface area (Å²) in [5.41, 5.74) is 0.814. The van der Waals surface area contributed by atoms with Gasteiger partial charge < -0.3 is 10.6 Å². The van der Waals surface area contributed by atoms with Crippen LogP contribution in [-0.4, -0.2) is 24.0 Å². The van der Waals surface area contributed by atoms with Gasteiger partial charge in [-0.15, -0.1) is 0 Å². The molecule has 116 valence electrons. The van der Waals surface area contributed by atoms with Crippen molar-refractivity contribution in [3.05, 3.63) is 23.9 Å². The second-order valence-corrected chi connectivity index (χ2v) is 6.08. The number of hydrogen-bond acceptors (Lipinski definition) is 3. The van der Waals surface area contributed by atoms with E-state index in [1.807, 2.05) is 12.1 Å². The number of aromatic nitrogens is 1. The predicted molar refractivity (Wildman–Crippen MR) is 86.5 cm³/mol. The topological polar surface area (TPSA) is 54.0 Å². The first-order chi connectivity index (χ1) is 10.2. The van der Waals surface area contributed by atoms with Crippen molar-refractivity contribution in [3.8, 4) is 0 Å². The third-order valence-electron chi connectivity index (χ3n) is 4.58. The molecule has 2 rings (SSSR count). The third-order valence-corrected chi connectivity index (χ3v) is 4.58. The van der Waals surface area contributed by atoms with Crippen molar-refractivity contribution in [3.63, 3.8) is 0 Å². The lowest BCUT2D eigenvalue weighted by Gasteiger charge is -2.27. The highest BCUT2D eigenvalue weighted by molar-refractivity contribution is 5.92. The van der Waals surface area contributed by atoms with E-state index in [2.05, 4.69) is 29.5 Å². The SMILES string of the molecule is CCCNc1cccc(C(=O)NCC2(CC)CCCC2)n1. The van der Waals surface area contributed by atoms with Gasteiger partial charge in [-0.2, -0.15) is 0 Å². The molecule has 21 heavy (non-hydrogen) atoms. The van der Waals surface area contributed by atoms with E-state index in [-0.39, 0.29) is 5.91 Å². The summed E-state index contributed by atoms with van der Waals surface area (Å²) < 4.78 is 0. The van der Waals surface area contributed by atoms with E-state index in [0.29, 0.717) is 11.1 Å². The number of nitrogens with one attached hydrogen (secondary N) is 2. The summed E-state index contributed by atoms with van der Waals surface area (Å²) in [6, 6.07) is 5.56. The van der Waals surface area contributed by atoms with E-state index in [1.165, 1.54) is 25.7 Å². The van der Waals surface area contributed by atoms with Crippen LogP contribution in [0.15, 0.2) is 18.2 Å². The minimum atomic E-state index is -0.0603. The fourth-order valence-electron chi connectivity index (χ4n) is 3.05. The lowest BCUT2D eigenvalue weighted by atomic mass is 9.83. The Morgan fingerprint density at radius 2 is 2.05 bits per heavy atom. The molecule has 1 amide bonds. The number of carbonyl (C=O) groups is 1. The second kappa shape index (κ2) is 7.43. The van der Waals surface area contributed by atoms with Gasteiger partial charge in [0, 0.05) is 13.1 Å². The number of carbonyl (C=O) groups excluding carboxylic acids is 1. The average Bonchev–Trinajstić information content (AvgIpc) is 3.00. The lowest BCUT2D eigenvalue weighted by molar-refractivity contribution is 0.0924. The van der Waals surface area contributed by atoms with Gasteiger partial charge in [-0.1, -0.05) is 32.8 Å². The van der Waals surface area contributed by atoms with Gasteiger partial charge in [0.15, 0.2) is 0 Å². The summed E-state index contributed by atoms with van der Waals surface area (Å²) in [6.45, 7) is 5.98. The zero-order chi connectivity index (χ0) is 15.1. The first kappa shape index (κ1) is 15.8. The first-order valence-corrected chi connectivity index (χ1v) is 8.18. The molecule has 2 N–H and O–H groups in total. The number of rotatable bonds is 7. The van der Waals surface area contributed by atoms with Crippen molar-refractivity contribution in [2.45, 2.75) is 52.4 Å². The number of hydrogen-bond donors (Lipinski definition) is 2. The van der Waals surface area contributed by atoms with Gasteiger partial charge in [-0.25, -0.2) is 4.98 Å². The highest BCUT2D eigenvalue weighted by Gasteiger charge is 2.32. The van der Waals surface area contributed by atoms with E-state index in [1.54, 1.807) is 6.07 Å². The van der Waals surface area contributed by atoms with Gasteiger partial charge >= 0.3 is 0 Å². The average molecular weight is 289 g/mol. The second-order valence-electron chi connectivity index (χ2n) is 6.08. The Labute approximate surface area is 127 Å². The Kier molecular flexibility index (Phi) is 5.59. The van der Waals surface area contributed by atoms with Crippen molar-refractivity contribution in [1.29, 1.82) is 0 Å². The Morgan fingerprint density at radius 3 is 2.71 bits per heavy atom. The zero-order valence-corrected chi connectivity index (χ0v) is 13.2. The summed E-state index contributed by atoms with van der Waals surface area (Å²) in [5.74, 6) is 0.713. The molecule has 0 unspecified atom stereocenters. The third kappa shape index (κ3) is 4.19. The molecule has 1 fully saturated rings. The summed E-state index contributed by atoms with van der Waals surface area (Å²) >= 11 is 0. The highest BCUT2D eigenvalue weighted by Crippen LogP contribution is 2.40. The molecule has 0 saturated heterocycles. The van der Waals surface area contributed by atoms with E-state index in [9.17, 15) is 4.79 Å².